The molecule has 1 aliphatic carbocycles. The van der Waals surface area contributed by atoms with Gasteiger partial charge in [0.25, 0.3) is 5.91 Å². The lowest BCUT2D eigenvalue weighted by molar-refractivity contribution is -0.131. The summed E-state index contributed by atoms with van der Waals surface area (Å²) in [7, 11) is 1.58. The predicted molar refractivity (Wildman–Crippen MR) is 132 cm³/mol. The Morgan fingerprint density at radius 1 is 1.14 bits per heavy atom. The average Bonchev–Trinajstić information content (AvgIpc) is 3.17. The van der Waals surface area contributed by atoms with Crippen molar-refractivity contribution in [3.63, 3.8) is 0 Å². The second-order valence-electron chi connectivity index (χ2n) is 9.18. The molecule has 0 N–H and O–H groups in total. The van der Waals surface area contributed by atoms with Crippen molar-refractivity contribution in [1.82, 2.24) is 4.98 Å². The number of hydrogen-bond acceptors (Lipinski definition) is 6. The fraction of sp³-hybridized carbons (Fsp3) is 0.444. The van der Waals surface area contributed by atoms with E-state index in [4.69, 9.17) is 25.8 Å². The van der Waals surface area contributed by atoms with Crippen LogP contribution < -0.4 is 14.4 Å². The molecular weight excluding hydrogens is 468 g/mol. The number of ether oxygens (including phenoxy) is 3. The van der Waals surface area contributed by atoms with E-state index in [0.29, 0.717) is 34.5 Å². The molecule has 8 heteroatoms. The Hall–Kier alpha value is -3.06. The highest BCUT2D eigenvalue weighted by Gasteiger charge is 2.52. The van der Waals surface area contributed by atoms with E-state index in [1.54, 1.807) is 19.2 Å². The number of aromatic nitrogens is 1. The lowest BCUT2D eigenvalue weighted by Gasteiger charge is -2.35. The standard InChI is InChI=1S/C27H29ClN2O5/c1-3-4-13-34-20-11-9-16(14-21(20)33-2)24-23-25(31)18-7-5-6-8-19(18)35-26(23)27(32)30(24)22-12-10-17(28)15-29-22/h9-12,14-15,18-19,24H,3-8,13H2,1-2H3. The number of anilines is 1. The molecule has 35 heavy (non-hydrogen) atoms. The molecule has 3 aliphatic rings. The van der Waals surface area contributed by atoms with Crippen LogP contribution in [0.2, 0.25) is 5.02 Å². The number of halogens is 1. The maximum absolute atomic E-state index is 13.8. The van der Waals surface area contributed by atoms with Crippen molar-refractivity contribution >= 4 is 29.1 Å². The van der Waals surface area contributed by atoms with E-state index in [-0.39, 0.29) is 29.5 Å². The van der Waals surface area contributed by atoms with Gasteiger partial charge in [-0.25, -0.2) is 4.98 Å². The number of methoxy groups -OCH3 is 1. The highest BCUT2D eigenvalue weighted by Crippen LogP contribution is 2.49. The van der Waals surface area contributed by atoms with E-state index in [1.807, 2.05) is 18.2 Å². The third kappa shape index (κ3) is 4.27. The monoisotopic (exact) mass is 496 g/mol. The van der Waals surface area contributed by atoms with E-state index < -0.39 is 6.04 Å². The molecule has 0 spiro atoms. The molecule has 184 valence electrons. The first-order chi connectivity index (χ1) is 17.0. The Morgan fingerprint density at radius 2 is 1.97 bits per heavy atom. The van der Waals surface area contributed by atoms with Crippen LogP contribution in [0, 0.1) is 5.92 Å². The lowest BCUT2D eigenvalue weighted by atomic mass is 9.77. The smallest absolute Gasteiger partial charge is 0.295 e. The molecule has 1 aromatic carbocycles. The highest BCUT2D eigenvalue weighted by molar-refractivity contribution is 6.30. The molecule has 0 saturated heterocycles. The number of Topliss-reactive ketones (excluding diaryl/α,β-unsaturated/α-hetero) is 1. The number of nitrogens with zero attached hydrogens (tertiary/aromatic N) is 2. The first-order valence-electron chi connectivity index (χ1n) is 12.2. The number of carbonyl (C=O) groups is 2. The van der Waals surface area contributed by atoms with Crippen molar-refractivity contribution in [3.8, 4) is 11.5 Å². The fourth-order valence-corrected chi connectivity index (χ4v) is 5.32. The van der Waals surface area contributed by atoms with Crippen molar-refractivity contribution in [2.24, 2.45) is 5.92 Å². The van der Waals surface area contributed by atoms with Gasteiger partial charge in [-0.05, 0) is 55.5 Å². The van der Waals surface area contributed by atoms with Crippen LogP contribution in [-0.2, 0) is 14.3 Å². The second-order valence-corrected chi connectivity index (χ2v) is 9.62. The fourth-order valence-electron chi connectivity index (χ4n) is 5.21. The van der Waals surface area contributed by atoms with Crippen molar-refractivity contribution in [3.05, 3.63) is 58.4 Å². The Kier molecular flexibility index (Phi) is 6.69. The number of ketones is 1. The molecule has 2 aliphatic heterocycles. The Balaban J connectivity index is 1.59. The molecule has 3 heterocycles. The van der Waals surface area contributed by atoms with Gasteiger partial charge in [0, 0.05) is 6.20 Å². The van der Waals surface area contributed by atoms with Crippen LogP contribution >= 0.6 is 11.6 Å². The quantitative estimate of drug-likeness (QED) is 0.476. The van der Waals surface area contributed by atoms with Crippen LogP contribution in [-0.4, -0.2) is 36.5 Å². The summed E-state index contributed by atoms with van der Waals surface area (Å²) < 4.78 is 17.7. The maximum atomic E-state index is 13.8. The van der Waals surface area contributed by atoms with Crippen LogP contribution in [0.4, 0.5) is 5.82 Å². The number of rotatable bonds is 7. The van der Waals surface area contributed by atoms with Gasteiger partial charge in [0.2, 0.25) is 0 Å². The molecular formula is C27H29ClN2O5. The number of fused-ring (bicyclic) bond motifs is 1. The third-order valence-electron chi connectivity index (χ3n) is 6.98. The van der Waals surface area contributed by atoms with E-state index >= 15 is 0 Å². The summed E-state index contributed by atoms with van der Waals surface area (Å²) in [6.07, 6.45) is 6.73. The summed E-state index contributed by atoms with van der Waals surface area (Å²) in [5.74, 6) is 1.12. The molecule has 0 bridgehead atoms. The minimum Gasteiger partial charge on any atom is -0.493 e. The van der Waals surface area contributed by atoms with Crippen LogP contribution in [0.1, 0.15) is 57.1 Å². The second kappa shape index (κ2) is 9.90. The summed E-state index contributed by atoms with van der Waals surface area (Å²) in [6.45, 7) is 2.69. The summed E-state index contributed by atoms with van der Waals surface area (Å²) in [6, 6.07) is 8.22. The van der Waals surface area contributed by atoms with Gasteiger partial charge < -0.3 is 14.2 Å². The van der Waals surface area contributed by atoms with Gasteiger partial charge in [0.1, 0.15) is 11.9 Å². The van der Waals surface area contributed by atoms with Crippen molar-refractivity contribution in [1.29, 1.82) is 0 Å². The van der Waals surface area contributed by atoms with Gasteiger partial charge >= 0.3 is 0 Å². The Bertz CT molecular complexity index is 1160. The normalized spacial score (nSPS) is 23.6. The van der Waals surface area contributed by atoms with Crippen molar-refractivity contribution < 1.29 is 23.8 Å². The molecule has 1 amide bonds. The zero-order chi connectivity index (χ0) is 24.5. The van der Waals surface area contributed by atoms with E-state index in [1.165, 1.54) is 11.1 Å². The summed E-state index contributed by atoms with van der Waals surface area (Å²) in [4.78, 5) is 33.4. The number of pyridine rings is 1. The summed E-state index contributed by atoms with van der Waals surface area (Å²) in [5, 5.41) is 0.461. The number of benzene rings is 1. The van der Waals surface area contributed by atoms with Gasteiger partial charge in [-0.3, -0.25) is 14.5 Å². The van der Waals surface area contributed by atoms with E-state index in [0.717, 1.165) is 44.1 Å². The zero-order valence-electron chi connectivity index (χ0n) is 20.0. The molecule has 3 unspecified atom stereocenters. The lowest BCUT2D eigenvalue weighted by Crippen LogP contribution is -2.39. The number of hydrogen-bond donors (Lipinski definition) is 0. The summed E-state index contributed by atoms with van der Waals surface area (Å²) in [5.41, 5.74) is 1.13. The topological polar surface area (TPSA) is 78.0 Å². The number of amides is 1. The van der Waals surface area contributed by atoms with Crippen molar-refractivity contribution in [2.75, 3.05) is 18.6 Å². The number of unbranched alkanes of at least 4 members (excludes halogenated alkanes) is 1. The van der Waals surface area contributed by atoms with Gasteiger partial charge in [0.05, 0.1) is 36.3 Å². The zero-order valence-corrected chi connectivity index (χ0v) is 20.7. The van der Waals surface area contributed by atoms with Gasteiger partial charge in [-0.1, -0.05) is 37.4 Å². The largest absolute Gasteiger partial charge is 0.493 e. The highest BCUT2D eigenvalue weighted by atomic mass is 35.5. The molecule has 7 nitrogen and oxygen atoms in total. The molecule has 2 aromatic rings. The van der Waals surface area contributed by atoms with E-state index in [9.17, 15) is 9.59 Å². The predicted octanol–water partition coefficient (Wildman–Crippen LogP) is 5.42. The minimum absolute atomic E-state index is 0.00648. The van der Waals surface area contributed by atoms with Crippen LogP contribution in [0.5, 0.6) is 11.5 Å². The van der Waals surface area contributed by atoms with E-state index in [2.05, 4.69) is 11.9 Å². The maximum Gasteiger partial charge on any atom is 0.295 e. The average molecular weight is 497 g/mol. The molecule has 1 saturated carbocycles. The van der Waals surface area contributed by atoms with Crippen LogP contribution in [0.25, 0.3) is 0 Å². The molecule has 1 fully saturated rings. The van der Waals surface area contributed by atoms with Gasteiger partial charge in [-0.15, -0.1) is 0 Å². The summed E-state index contributed by atoms with van der Waals surface area (Å²) >= 11 is 6.06. The third-order valence-corrected chi connectivity index (χ3v) is 7.20. The van der Waals surface area contributed by atoms with Crippen LogP contribution in [0.15, 0.2) is 47.9 Å². The molecule has 0 radical (unpaired) electrons. The molecule has 1 aromatic heterocycles. The Labute approximate surface area is 210 Å². The van der Waals surface area contributed by atoms with Gasteiger partial charge in [-0.2, -0.15) is 0 Å². The van der Waals surface area contributed by atoms with Gasteiger partial charge in [0.15, 0.2) is 23.0 Å². The first-order valence-corrected chi connectivity index (χ1v) is 12.6. The number of carbonyl (C=O) groups excluding carboxylic acids is 2. The molecule has 5 rings (SSSR count). The first kappa shape index (κ1) is 23.7. The Morgan fingerprint density at radius 3 is 2.71 bits per heavy atom. The van der Waals surface area contributed by atoms with Crippen molar-refractivity contribution in [2.45, 2.75) is 57.6 Å². The SMILES string of the molecule is CCCCOc1ccc(C2C3=C(OC4CCCCC4C3=O)C(=O)N2c2ccc(Cl)cn2)cc1OC. The minimum atomic E-state index is -0.680. The van der Waals surface area contributed by atoms with Crippen LogP contribution in [0.3, 0.4) is 0 Å². The molecule has 3 atom stereocenters.